The molecule has 2 aromatic rings. The van der Waals surface area contributed by atoms with Crippen LogP contribution in [-0.4, -0.2) is 4.89 Å². The van der Waals surface area contributed by atoms with E-state index >= 15 is 0 Å². The number of phosphoric acid groups is 1. The van der Waals surface area contributed by atoms with Gasteiger partial charge in [-0.15, -0.1) is 0 Å². The van der Waals surface area contributed by atoms with Crippen LogP contribution in [0.1, 0.15) is 116 Å². The van der Waals surface area contributed by atoms with Gasteiger partial charge in [-0.05, 0) is 50.0 Å². The number of hydrogen-bond donors (Lipinski definition) is 1. The molecule has 0 radical (unpaired) electrons. The lowest BCUT2D eigenvalue weighted by molar-refractivity contribution is 0.282. The second-order valence-electron chi connectivity index (χ2n) is 13.7. The highest BCUT2D eigenvalue weighted by Gasteiger charge is 2.43. The average molecular weight is 487 g/mol. The first-order valence-electron chi connectivity index (χ1n) is 12.2. The Bertz CT molecular complexity index is 1150. The van der Waals surface area contributed by atoms with Gasteiger partial charge in [-0.2, -0.15) is 0 Å². The smallest absolute Gasteiger partial charge is 0.395 e. The van der Waals surface area contributed by atoms with Crippen LogP contribution in [0, 0.1) is 0 Å². The fourth-order valence-electron chi connectivity index (χ4n) is 5.28. The van der Waals surface area contributed by atoms with E-state index in [0.29, 0.717) is 17.9 Å². The normalized spacial score (nSPS) is 19.3. The maximum absolute atomic E-state index is 13.3. The second kappa shape index (κ2) is 8.14. The minimum Gasteiger partial charge on any atom is -0.395 e. The summed E-state index contributed by atoms with van der Waals surface area (Å²) < 4.78 is 25.0. The summed E-state index contributed by atoms with van der Waals surface area (Å²) in [6.07, 6.45) is 0.564. The van der Waals surface area contributed by atoms with Crippen LogP contribution in [0.2, 0.25) is 0 Å². The van der Waals surface area contributed by atoms with Gasteiger partial charge in [0.2, 0.25) is 0 Å². The minimum atomic E-state index is -4.42. The average Bonchev–Trinajstić information content (AvgIpc) is 2.58. The third-order valence-electron chi connectivity index (χ3n) is 6.31. The molecule has 1 heterocycles. The molecule has 1 aliphatic rings. The third-order valence-corrected chi connectivity index (χ3v) is 7.15. The van der Waals surface area contributed by atoms with E-state index in [0.717, 1.165) is 16.7 Å². The van der Waals surface area contributed by atoms with Crippen molar-refractivity contribution < 1.29 is 18.5 Å². The SMILES string of the molecule is CC(C)(C)c1c2c(c(C(C)(C)C)c(C(C)(C)C)c1C(C)(C)C)OP(=O)(O)Oc1ccccc1C2. The molecule has 3 rings (SSSR count). The molecule has 0 amide bonds. The molecule has 2 aromatic carbocycles. The molecule has 34 heavy (non-hydrogen) atoms. The molecule has 0 fully saturated rings. The Hall–Kier alpha value is -1.77. The van der Waals surface area contributed by atoms with E-state index in [1.807, 2.05) is 18.2 Å². The first-order chi connectivity index (χ1) is 15.1. The van der Waals surface area contributed by atoms with Crippen LogP contribution in [0.15, 0.2) is 24.3 Å². The van der Waals surface area contributed by atoms with Gasteiger partial charge in [0.1, 0.15) is 11.5 Å². The molecule has 0 aliphatic carbocycles. The lowest BCUT2D eigenvalue weighted by atomic mass is 9.62. The van der Waals surface area contributed by atoms with Gasteiger partial charge in [0.15, 0.2) is 0 Å². The summed E-state index contributed by atoms with van der Waals surface area (Å²) in [5.74, 6) is 0.907. The van der Waals surface area contributed by atoms with Gasteiger partial charge in [0.25, 0.3) is 0 Å². The van der Waals surface area contributed by atoms with E-state index in [4.69, 9.17) is 9.05 Å². The summed E-state index contributed by atoms with van der Waals surface area (Å²) in [6, 6.07) is 7.47. The van der Waals surface area contributed by atoms with E-state index in [1.165, 1.54) is 16.7 Å². The molecule has 188 valence electrons. The summed E-state index contributed by atoms with van der Waals surface area (Å²) in [5.41, 5.74) is 5.65. The van der Waals surface area contributed by atoms with E-state index in [-0.39, 0.29) is 21.7 Å². The van der Waals surface area contributed by atoms with Crippen LogP contribution in [0.25, 0.3) is 0 Å². The zero-order valence-electron chi connectivity index (χ0n) is 23.1. The molecular formula is C29H43O4P. The number of benzene rings is 2. The largest absolute Gasteiger partial charge is 0.584 e. The van der Waals surface area contributed by atoms with Crippen molar-refractivity contribution in [3.8, 4) is 11.5 Å². The minimum absolute atomic E-state index is 0.151. The number of phosphoric ester groups is 1. The number of hydrogen-bond acceptors (Lipinski definition) is 3. The highest BCUT2D eigenvalue weighted by molar-refractivity contribution is 7.48. The van der Waals surface area contributed by atoms with Crippen LogP contribution < -0.4 is 9.05 Å². The summed E-state index contributed by atoms with van der Waals surface area (Å²) in [4.78, 5) is 10.9. The highest BCUT2D eigenvalue weighted by atomic mass is 31.2. The monoisotopic (exact) mass is 486 g/mol. The lowest BCUT2D eigenvalue weighted by Crippen LogP contribution is -2.34. The van der Waals surface area contributed by atoms with Crippen molar-refractivity contribution in [1.82, 2.24) is 0 Å². The zero-order valence-corrected chi connectivity index (χ0v) is 24.0. The Balaban J connectivity index is 2.70. The maximum Gasteiger partial charge on any atom is 0.584 e. The molecule has 1 N–H and O–H groups in total. The molecule has 0 saturated carbocycles. The van der Waals surface area contributed by atoms with Crippen LogP contribution >= 0.6 is 7.82 Å². The molecule has 0 saturated heterocycles. The molecule has 5 heteroatoms. The van der Waals surface area contributed by atoms with Crippen LogP contribution in [0.5, 0.6) is 11.5 Å². The van der Waals surface area contributed by atoms with Crippen molar-refractivity contribution in [2.24, 2.45) is 0 Å². The lowest BCUT2D eigenvalue weighted by Gasteiger charge is -2.43. The Morgan fingerprint density at radius 3 is 1.59 bits per heavy atom. The van der Waals surface area contributed by atoms with Crippen molar-refractivity contribution in [2.75, 3.05) is 0 Å². The summed E-state index contributed by atoms with van der Waals surface area (Å²) in [6.45, 7) is 26.6. The van der Waals surface area contributed by atoms with E-state index < -0.39 is 7.82 Å². The molecule has 4 nitrogen and oxygen atoms in total. The number of fused-ring (bicyclic) bond motifs is 2. The fourth-order valence-corrected chi connectivity index (χ4v) is 6.18. The Labute approximate surface area is 206 Å². The first-order valence-corrected chi connectivity index (χ1v) is 13.7. The number of rotatable bonds is 0. The zero-order chi connectivity index (χ0) is 26.1. The van der Waals surface area contributed by atoms with Gasteiger partial charge in [-0.3, -0.25) is 4.89 Å². The highest BCUT2D eigenvalue weighted by Crippen LogP contribution is 2.57. The third kappa shape index (κ3) is 5.09. The van der Waals surface area contributed by atoms with Gasteiger partial charge in [-0.25, -0.2) is 4.57 Å². The second-order valence-corrected chi connectivity index (χ2v) is 15.0. The molecule has 1 atom stereocenters. The van der Waals surface area contributed by atoms with Gasteiger partial charge < -0.3 is 9.05 Å². The maximum atomic E-state index is 13.3. The van der Waals surface area contributed by atoms with Gasteiger partial charge in [0.05, 0.1) is 0 Å². The Morgan fingerprint density at radius 1 is 0.676 bits per heavy atom. The number of para-hydroxylation sites is 1. The molecule has 0 spiro atoms. The van der Waals surface area contributed by atoms with Crippen molar-refractivity contribution in [2.45, 2.75) is 111 Å². The summed E-state index contributed by atoms with van der Waals surface area (Å²) in [7, 11) is -4.42. The van der Waals surface area contributed by atoms with Gasteiger partial charge in [-0.1, -0.05) is 101 Å². The molecular weight excluding hydrogens is 443 g/mol. The fraction of sp³-hybridized carbons (Fsp3) is 0.586. The molecule has 0 bridgehead atoms. The molecule has 1 unspecified atom stereocenters. The van der Waals surface area contributed by atoms with Crippen LogP contribution in [0.4, 0.5) is 0 Å². The van der Waals surface area contributed by atoms with E-state index in [1.54, 1.807) is 6.07 Å². The summed E-state index contributed by atoms with van der Waals surface area (Å²) in [5, 5.41) is 0. The van der Waals surface area contributed by atoms with Gasteiger partial charge in [0, 0.05) is 17.5 Å². The van der Waals surface area contributed by atoms with Crippen molar-refractivity contribution in [3.05, 3.63) is 57.6 Å². The van der Waals surface area contributed by atoms with Gasteiger partial charge >= 0.3 is 7.82 Å². The van der Waals surface area contributed by atoms with E-state index in [9.17, 15) is 9.46 Å². The van der Waals surface area contributed by atoms with E-state index in [2.05, 4.69) is 83.1 Å². The predicted molar refractivity (Wildman–Crippen MR) is 142 cm³/mol. The summed E-state index contributed by atoms with van der Waals surface area (Å²) >= 11 is 0. The van der Waals surface area contributed by atoms with Crippen molar-refractivity contribution in [1.29, 1.82) is 0 Å². The standard InChI is InChI=1S/C29H43O4P/c1-26(2,3)21-19-17-18-15-13-14-16-20(18)32-34(30,31)33-25(19)24(29(10,11)12)23(28(7,8)9)22(21)27(4,5)6/h13-16H,17H2,1-12H3,(H,30,31). The predicted octanol–water partition coefficient (Wildman–Crippen LogP) is 8.34. The Morgan fingerprint density at radius 2 is 1.12 bits per heavy atom. The Kier molecular flexibility index (Phi) is 6.42. The van der Waals surface area contributed by atoms with Crippen LogP contribution in [-0.2, 0) is 32.6 Å². The van der Waals surface area contributed by atoms with Crippen molar-refractivity contribution >= 4 is 7.82 Å². The molecule has 1 aliphatic heterocycles. The topological polar surface area (TPSA) is 55.8 Å². The first kappa shape index (κ1) is 26.8. The quantitative estimate of drug-likeness (QED) is 0.380. The van der Waals surface area contributed by atoms with Crippen molar-refractivity contribution in [3.63, 3.8) is 0 Å². The molecule has 0 aromatic heterocycles. The van der Waals surface area contributed by atoms with Crippen LogP contribution in [0.3, 0.4) is 0 Å².